The van der Waals surface area contributed by atoms with Gasteiger partial charge in [0.15, 0.2) is 0 Å². The molecule has 1 aromatic carbocycles. The SMILES string of the molecule is CC(=O)O.c1ccc2ncc(N3C[C@@H]4C[C@H]3CN4)cc2c1. The lowest BCUT2D eigenvalue weighted by atomic mass is 10.2. The molecule has 0 unspecified atom stereocenters. The van der Waals surface area contributed by atoms with Crippen LogP contribution in [0.5, 0.6) is 0 Å². The number of aromatic nitrogens is 1. The van der Waals surface area contributed by atoms with Crippen molar-refractivity contribution >= 4 is 22.6 Å². The second kappa shape index (κ2) is 5.69. The normalized spacial score (nSPS) is 23.0. The Hall–Kier alpha value is -2.14. The number of rotatable bonds is 1. The van der Waals surface area contributed by atoms with Crippen LogP contribution in [-0.2, 0) is 4.79 Å². The number of para-hydroxylation sites is 1. The molecule has 110 valence electrons. The number of pyridine rings is 1. The highest BCUT2D eigenvalue weighted by Crippen LogP contribution is 2.30. The molecule has 0 radical (unpaired) electrons. The Labute approximate surface area is 123 Å². The monoisotopic (exact) mass is 285 g/mol. The van der Waals surface area contributed by atoms with Crippen LogP contribution in [0.3, 0.4) is 0 Å². The first-order valence-electron chi connectivity index (χ1n) is 7.18. The molecular formula is C16H19N3O2. The fourth-order valence-corrected chi connectivity index (χ4v) is 3.09. The van der Waals surface area contributed by atoms with E-state index in [9.17, 15) is 0 Å². The number of piperazine rings is 1. The Balaban J connectivity index is 0.000000298. The maximum absolute atomic E-state index is 9.00. The predicted octanol–water partition coefficient (Wildman–Crippen LogP) is 1.88. The minimum absolute atomic E-state index is 0.669. The van der Waals surface area contributed by atoms with Crippen LogP contribution in [0.4, 0.5) is 5.69 Å². The Morgan fingerprint density at radius 3 is 2.86 bits per heavy atom. The quantitative estimate of drug-likeness (QED) is 0.837. The first-order chi connectivity index (χ1) is 10.1. The van der Waals surface area contributed by atoms with Crippen molar-refractivity contribution in [3.8, 4) is 0 Å². The van der Waals surface area contributed by atoms with Crippen molar-refractivity contribution in [1.29, 1.82) is 0 Å². The summed E-state index contributed by atoms with van der Waals surface area (Å²) in [6.07, 6.45) is 3.30. The topological polar surface area (TPSA) is 65.5 Å². The first-order valence-corrected chi connectivity index (χ1v) is 7.18. The third kappa shape index (κ3) is 2.97. The molecule has 1 aromatic heterocycles. The van der Waals surface area contributed by atoms with Crippen LogP contribution in [-0.4, -0.2) is 41.2 Å². The van der Waals surface area contributed by atoms with Crippen LogP contribution in [0.1, 0.15) is 13.3 Å². The third-order valence-corrected chi connectivity index (χ3v) is 3.96. The van der Waals surface area contributed by atoms with Crippen LogP contribution in [0.15, 0.2) is 36.5 Å². The van der Waals surface area contributed by atoms with E-state index < -0.39 is 5.97 Å². The molecule has 3 heterocycles. The Morgan fingerprint density at radius 2 is 2.19 bits per heavy atom. The number of carboxylic acid groups (broad SMARTS) is 1. The van der Waals surface area contributed by atoms with E-state index in [-0.39, 0.29) is 0 Å². The number of carboxylic acids is 1. The van der Waals surface area contributed by atoms with Crippen molar-refractivity contribution in [3.05, 3.63) is 36.5 Å². The van der Waals surface area contributed by atoms with Gasteiger partial charge >= 0.3 is 0 Å². The summed E-state index contributed by atoms with van der Waals surface area (Å²) < 4.78 is 0. The molecule has 5 nitrogen and oxygen atoms in total. The Bertz CT molecular complexity index is 655. The largest absolute Gasteiger partial charge is 0.481 e. The van der Waals surface area contributed by atoms with Crippen molar-refractivity contribution in [2.75, 3.05) is 18.0 Å². The van der Waals surface area contributed by atoms with E-state index in [1.165, 1.54) is 17.5 Å². The number of nitrogens with one attached hydrogen (secondary N) is 1. The highest BCUT2D eigenvalue weighted by atomic mass is 16.4. The molecule has 0 amide bonds. The Kier molecular flexibility index (Phi) is 3.75. The number of carbonyl (C=O) groups is 1. The summed E-state index contributed by atoms with van der Waals surface area (Å²) in [4.78, 5) is 16.0. The van der Waals surface area contributed by atoms with Gasteiger partial charge in [0.05, 0.1) is 17.4 Å². The molecule has 2 saturated heterocycles. The molecule has 0 saturated carbocycles. The second-order valence-corrected chi connectivity index (χ2v) is 5.55. The van der Waals surface area contributed by atoms with Crippen LogP contribution in [0.25, 0.3) is 10.9 Å². The lowest BCUT2D eigenvalue weighted by Crippen LogP contribution is -2.43. The molecule has 2 aliphatic rings. The molecular weight excluding hydrogens is 266 g/mol. The number of anilines is 1. The van der Waals surface area contributed by atoms with Crippen molar-refractivity contribution in [2.45, 2.75) is 25.4 Å². The lowest BCUT2D eigenvalue weighted by molar-refractivity contribution is -0.134. The number of aliphatic carboxylic acids is 1. The van der Waals surface area contributed by atoms with Gasteiger partial charge in [-0.05, 0) is 18.6 Å². The molecule has 0 spiro atoms. The molecule has 21 heavy (non-hydrogen) atoms. The van der Waals surface area contributed by atoms with Crippen LogP contribution < -0.4 is 10.2 Å². The zero-order chi connectivity index (χ0) is 14.8. The third-order valence-electron chi connectivity index (χ3n) is 3.96. The number of hydrogen-bond acceptors (Lipinski definition) is 4. The summed E-state index contributed by atoms with van der Waals surface area (Å²) in [5, 5.41) is 12.2. The average molecular weight is 285 g/mol. The molecule has 4 rings (SSSR count). The standard InChI is InChI=1S/C14H15N3.C2H4O2/c1-2-4-14-10(3-1)5-12(8-16-14)17-9-11-6-13(17)7-15-11;1-2(3)4/h1-5,8,11,13,15H,6-7,9H2;1H3,(H,3,4)/t11-,13-;/m0./s1. The number of nitrogens with zero attached hydrogens (tertiary/aromatic N) is 2. The zero-order valence-electron chi connectivity index (χ0n) is 12.0. The second-order valence-electron chi connectivity index (χ2n) is 5.55. The van der Waals surface area contributed by atoms with E-state index in [1.54, 1.807) is 0 Å². The molecule has 2 aliphatic heterocycles. The molecule has 2 atom stereocenters. The summed E-state index contributed by atoms with van der Waals surface area (Å²) in [5.74, 6) is -0.833. The Morgan fingerprint density at radius 1 is 1.43 bits per heavy atom. The van der Waals surface area contributed by atoms with Gasteiger partial charge in [0.2, 0.25) is 0 Å². The molecule has 2 bridgehead atoms. The molecule has 0 aliphatic carbocycles. The van der Waals surface area contributed by atoms with E-state index in [2.05, 4.69) is 39.5 Å². The summed E-state index contributed by atoms with van der Waals surface area (Å²) in [5.41, 5.74) is 2.36. The summed E-state index contributed by atoms with van der Waals surface area (Å²) in [6, 6.07) is 11.9. The highest BCUT2D eigenvalue weighted by Gasteiger charge is 2.37. The van der Waals surface area contributed by atoms with Crippen LogP contribution >= 0.6 is 0 Å². The van der Waals surface area contributed by atoms with Gasteiger partial charge in [-0.2, -0.15) is 0 Å². The van der Waals surface area contributed by atoms with Crippen molar-refractivity contribution in [3.63, 3.8) is 0 Å². The minimum Gasteiger partial charge on any atom is -0.481 e. The highest BCUT2D eigenvalue weighted by molar-refractivity contribution is 5.81. The number of benzene rings is 1. The molecule has 2 aromatic rings. The van der Waals surface area contributed by atoms with Gasteiger partial charge in [-0.15, -0.1) is 0 Å². The molecule has 2 fully saturated rings. The van der Waals surface area contributed by atoms with Gasteiger partial charge in [-0.1, -0.05) is 18.2 Å². The summed E-state index contributed by atoms with van der Waals surface area (Å²) >= 11 is 0. The maximum Gasteiger partial charge on any atom is 0.300 e. The van der Waals surface area contributed by atoms with E-state index in [4.69, 9.17) is 9.90 Å². The van der Waals surface area contributed by atoms with E-state index in [1.807, 2.05) is 12.3 Å². The maximum atomic E-state index is 9.00. The van der Waals surface area contributed by atoms with Gasteiger partial charge in [0, 0.05) is 37.5 Å². The van der Waals surface area contributed by atoms with E-state index >= 15 is 0 Å². The first kappa shape index (κ1) is 13.8. The van der Waals surface area contributed by atoms with Gasteiger partial charge in [0.25, 0.3) is 5.97 Å². The predicted molar refractivity (Wildman–Crippen MR) is 82.6 cm³/mol. The van der Waals surface area contributed by atoms with Crippen LogP contribution in [0.2, 0.25) is 0 Å². The van der Waals surface area contributed by atoms with E-state index in [0.717, 1.165) is 25.5 Å². The summed E-state index contributed by atoms with van der Waals surface area (Å²) in [7, 11) is 0. The average Bonchev–Trinajstić information content (AvgIpc) is 3.09. The zero-order valence-corrected chi connectivity index (χ0v) is 12.0. The van der Waals surface area contributed by atoms with Gasteiger partial charge < -0.3 is 15.3 Å². The van der Waals surface area contributed by atoms with Crippen molar-refractivity contribution in [2.24, 2.45) is 0 Å². The van der Waals surface area contributed by atoms with Gasteiger partial charge in [0.1, 0.15) is 0 Å². The van der Waals surface area contributed by atoms with E-state index in [0.29, 0.717) is 12.1 Å². The fourth-order valence-electron chi connectivity index (χ4n) is 3.09. The van der Waals surface area contributed by atoms with Crippen molar-refractivity contribution in [1.82, 2.24) is 10.3 Å². The minimum atomic E-state index is -0.833. The molecule has 5 heteroatoms. The van der Waals surface area contributed by atoms with Crippen LogP contribution in [0, 0.1) is 0 Å². The van der Waals surface area contributed by atoms with Gasteiger partial charge in [-0.3, -0.25) is 9.78 Å². The summed E-state index contributed by atoms with van der Waals surface area (Å²) in [6.45, 7) is 3.34. The lowest BCUT2D eigenvalue weighted by Gasteiger charge is -2.29. The number of hydrogen-bond donors (Lipinski definition) is 2. The number of fused-ring (bicyclic) bond motifs is 3. The van der Waals surface area contributed by atoms with Gasteiger partial charge in [-0.25, -0.2) is 0 Å². The fraction of sp³-hybridized carbons (Fsp3) is 0.375. The smallest absolute Gasteiger partial charge is 0.300 e. The van der Waals surface area contributed by atoms with Crippen molar-refractivity contribution < 1.29 is 9.90 Å². The molecule has 2 N–H and O–H groups in total.